The van der Waals surface area contributed by atoms with E-state index in [1.165, 1.54) is 0 Å². The lowest BCUT2D eigenvalue weighted by molar-refractivity contribution is -0.139. The van der Waals surface area contributed by atoms with Gasteiger partial charge >= 0.3 is 5.97 Å². The fourth-order valence-electron chi connectivity index (χ4n) is 3.51. The van der Waals surface area contributed by atoms with E-state index in [1.54, 1.807) is 18.2 Å². The van der Waals surface area contributed by atoms with Gasteiger partial charge in [0.2, 0.25) is 0 Å². The highest BCUT2D eigenvalue weighted by molar-refractivity contribution is 5.94. The summed E-state index contributed by atoms with van der Waals surface area (Å²) in [5.41, 5.74) is 0.455. The summed E-state index contributed by atoms with van der Waals surface area (Å²) < 4.78 is 16.7. The first-order valence-corrected chi connectivity index (χ1v) is 9.73. The Morgan fingerprint density at radius 2 is 2.00 bits per heavy atom. The van der Waals surface area contributed by atoms with Crippen LogP contribution in [0.1, 0.15) is 50.9 Å². The van der Waals surface area contributed by atoms with Gasteiger partial charge in [0.05, 0.1) is 12.7 Å². The molecule has 1 aliphatic rings. The lowest BCUT2D eigenvalue weighted by atomic mass is 9.78. The first kappa shape index (κ1) is 22.0. The van der Waals surface area contributed by atoms with Crippen LogP contribution in [-0.2, 0) is 9.53 Å². The SMILES string of the molecule is CCOc1cc(C(=O)NC[C@@H]2CCCO[C@@H]2C(C)(C)C)ccc1OCC(=O)O. The zero-order valence-corrected chi connectivity index (χ0v) is 17.1. The summed E-state index contributed by atoms with van der Waals surface area (Å²) in [6, 6.07) is 4.74. The van der Waals surface area contributed by atoms with Gasteiger partial charge in [0.15, 0.2) is 18.1 Å². The van der Waals surface area contributed by atoms with Gasteiger partial charge in [-0.1, -0.05) is 20.8 Å². The highest BCUT2D eigenvalue weighted by Crippen LogP contribution is 2.34. The van der Waals surface area contributed by atoms with E-state index in [0.717, 1.165) is 19.4 Å². The third-order valence-electron chi connectivity index (χ3n) is 4.68. The second kappa shape index (κ2) is 9.78. The molecule has 1 amide bonds. The highest BCUT2D eigenvalue weighted by atomic mass is 16.5. The molecule has 0 saturated carbocycles. The van der Waals surface area contributed by atoms with E-state index in [4.69, 9.17) is 19.3 Å². The minimum absolute atomic E-state index is 0.0150. The van der Waals surface area contributed by atoms with Gasteiger partial charge in [0.1, 0.15) is 0 Å². The van der Waals surface area contributed by atoms with Crippen molar-refractivity contribution < 1.29 is 28.9 Å². The number of carboxylic acids is 1. The second-order valence-electron chi connectivity index (χ2n) is 8.05. The van der Waals surface area contributed by atoms with Crippen LogP contribution in [0, 0.1) is 11.3 Å². The number of carboxylic acid groups (broad SMARTS) is 1. The molecule has 0 unspecified atom stereocenters. The number of carbonyl (C=O) groups excluding carboxylic acids is 1. The average molecular weight is 393 g/mol. The molecule has 7 heteroatoms. The van der Waals surface area contributed by atoms with Crippen LogP contribution in [0.5, 0.6) is 11.5 Å². The Morgan fingerprint density at radius 1 is 1.25 bits per heavy atom. The number of hydrogen-bond acceptors (Lipinski definition) is 5. The summed E-state index contributed by atoms with van der Waals surface area (Å²) in [6.45, 7) is 9.49. The first-order chi connectivity index (χ1) is 13.2. The molecule has 0 radical (unpaired) electrons. The maximum absolute atomic E-state index is 12.6. The Hall–Kier alpha value is -2.28. The number of carbonyl (C=O) groups is 2. The van der Waals surface area contributed by atoms with E-state index in [9.17, 15) is 9.59 Å². The molecule has 0 aliphatic carbocycles. The van der Waals surface area contributed by atoms with Crippen molar-refractivity contribution in [2.45, 2.75) is 46.6 Å². The van der Waals surface area contributed by atoms with Crippen LogP contribution < -0.4 is 14.8 Å². The molecule has 0 bridgehead atoms. The standard InChI is InChI=1S/C21H31NO6/c1-5-26-17-11-14(8-9-16(17)28-13-18(23)24)20(25)22-12-15-7-6-10-27-19(15)21(2,3)4/h8-9,11,15,19H,5-7,10,12-13H2,1-4H3,(H,22,25)(H,23,24)/t15-,19-/m0/s1. The van der Waals surface area contributed by atoms with Crippen molar-refractivity contribution in [3.05, 3.63) is 23.8 Å². The number of benzene rings is 1. The summed E-state index contributed by atoms with van der Waals surface area (Å²) >= 11 is 0. The van der Waals surface area contributed by atoms with Crippen molar-refractivity contribution in [1.29, 1.82) is 0 Å². The molecule has 2 atom stereocenters. The van der Waals surface area contributed by atoms with E-state index in [2.05, 4.69) is 26.1 Å². The van der Waals surface area contributed by atoms with Crippen molar-refractivity contribution in [2.24, 2.45) is 11.3 Å². The van der Waals surface area contributed by atoms with Crippen molar-refractivity contribution in [3.63, 3.8) is 0 Å². The Kier molecular flexibility index (Phi) is 7.69. The second-order valence-corrected chi connectivity index (χ2v) is 8.05. The molecule has 2 N–H and O–H groups in total. The monoisotopic (exact) mass is 393 g/mol. The predicted octanol–water partition coefficient (Wildman–Crippen LogP) is 3.12. The third-order valence-corrected chi connectivity index (χ3v) is 4.68. The smallest absolute Gasteiger partial charge is 0.341 e. The average Bonchev–Trinajstić information content (AvgIpc) is 2.64. The highest BCUT2D eigenvalue weighted by Gasteiger charge is 2.35. The Bertz CT molecular complexity index is 682. The zero-order chi connectivity index (χ0) is 20.7. The molecule has 0 spiro atoms. The molecule has 28 heavy (non-hydrogen) atoms. The van der Waals surface area contributed by atoms with E-state index in [-0.39, 0.29) is 23.3 Å². The van der Waals surface area contributed by atoms with Gasteiger partial charge in [-0.15, -0.1) is 0 Å². The zero-order valence-electron chi connectivity index (χ0n) is 17.1. The Balaban J connectivity index is 2.04. The lowest BCUT2D eigenvalue weighted by Gasteiger charge is -2.40. The minimum atomic E-state index is -1.08. The molecular weight excluding hydrogens is 362 g/mol. The van der Waals surface area contributed by atoms with Crippen molar-refractivity contribution >= 4 is 11.9 Å². The first-order valence-electron chi connectivity index (χ1n) is 9.73. The van der Waals surface area contributed by atoms with Gasteiger partial charge in [0, 0.05) is 24.6 Å². The molecule has 1 aliphatic heterocycles. The molecule has 0 aromatic heterocycles. The molecular formula is C21H31NO6. The molecule has 1 fully saturated rings. The minimum Gasteiger partial charge on any atom is -0.490 e. The van der Waals surface area contributed by atoms with E-state index < -0.39 is 12.6 Å². The van der Waals surface area contributed by atoms with Crippen molar-refractivity contribution in [2.75, 3.05) is 26.4 Å². The van der Waals surface area contributed by atoms with Crippen LogP contribution >= 0.6 is 0 Å². The summed E-state index contributed by atoms with van der Waals surface area (Å²) in [7, 11) is 0. The van der Waals surface area contributed by atoms with Crippen LogP contribution in [0.2, 0.25) is 0 Å². The quantitative estimate of drug-likeness (QED) is 0.705. The van der Waals surface area contributed by atoms with Gasteiger partial charge in [-0.25, -0.2) is 4.79 Å². The van der Waals surface area contributed by atoms with Crippen LogP contribution in [-0.4, -0.2) is 49.5 Å². The van der Waals surface area contributed by atoms with Gasteiger partial charge in [-0.3, -0.25) is 4.79 Å². The number of nitrogens with one attached hydrogen (secondary N) is 1. The molecule has 1 aromatic carbocycles. The number of amides is 1. The maximum Gasteiger partial charge on any atom is 0.341 e. The summed E-state index contributed by atoms with van der Waals surface area (Å²) in [4.78, 5) is 23.3. The van der Waals surface area contributed by atoms with Crippen molar-refractivity contribution in [1.82, 2.24) is 5.32 Å². The van der Waals surface area contributed by atoms with E-state index in [1.807, 2.05) is 6.92 Å². The number of hydrogen-bond donors (Lipinski definition) is 2. The fourth-order valence-corrected chi connectivity index (χ4v) is 3.51. The fraction of sp³-hybridized carbons (Fsp3) is 0.619. The Morgan fingerprint density at radius 3 is 2.64 bits per heavy atom. The molecule has 1 saturated heterocycles. The summed E-state index contributed by atoms with van der Waals surface area (Å²) in [5.74, 6) is -0.363. The number of aliphatic carboxylic acids is 1. The Labute approximate surface area is 166 Å². The van der Waals surface area contributed by atoms with Crippen LogP contribution in [0.25, 0.3) is 0 Å². The predicted molar refractivity (Wildman–Crippen MR) is 105 cm³/mol. The van der Waals surface area contributed by atoms with Gasteiger partial charge in [-0.2, -0.15) is 0 Å². The van der Waals surface area contributed by atoms with Gasteiger partial charge in [0.25, 0.3) is 5.91 Å². The number of rotatable bonds is 8. The molecule has 7 nitrogen and oxygen atoms in total. The van der Waals surface area contributed by atoms with E-state index >= 15 is 0 Å². The van der Waals surface area contributed by atoms with Gasteiger partial charge < -0.3 is 24.6 Å². The molecule has 1 aromatic rings. The molecule has 1 heterocycles. The van der Waals surface area contributed by atoms with Gasteiger partial charge in [-0.05, 0) is 43.4 Å². The third kappa shape index (κ3) is 6.12. The normalized spacial score (nSPS) is 19.7. The summed E-state index contributed by atoms with van der Waals surface area (Å²) in [5, 5.41) is 11.8. The van der Waals surface area contributed by atoms with Crippen LogP contribution in [0.3, 0.4) is 0 Å². The largest absolute Gasteiger partial charge is 0.490 e. The molecule has 2 rings (SSSR count). The molecule has 156 valence electrons. The number of ether oxygens (including phenoxy) is 3. The van der Waals surface area contributed by atoms with Crippen molar-refractivity contribution in [3.8, 4) is 11.5 Å². The topological polar surface area (TPSA) is 94.1 Å². The van der Waals surface area contributed by atoms with Crippen LogP contribution in [0.4, 0.5) is 0 Å². The van der Waals surface area contributed by atoms with Crippen LogP contribution in [0.15, 0.2) is 18.2 Å². The maximum atomic E-state index is 12.6. The summed E-state index contributed by atoms with van der Waals surface area (Å²) in [6.07, 6.45) is 2.12. The van der Waals surface area contributed by atoms with E-state index in [0.29, 0.717) is 30.2 Å². The lowest BCUT2D eigenvalue weighted by Crippen LogP contribution is -2.45.